The Balaban J connectivity index is 1.64. The molecule has 2 saturated heterocycles. The van der Waals surface area contributed by atoms with E-state index in [1.807, 2.05) is 29.2 Å². The fourth-order valence-corrected chi connectivity index (χ4v) is 3.40. The Morgan fingerprint density at radius 2 is 2.25 bits per heavy atom. The van der Waals surface area contributed by atoms with E-state index in [-0.39, 0.29) is 5.91 Å². The van der Waals surface area contributed by atoms with Gasteiger partial charge in [0.05, 0.1) is 13.5 Å². The maximum absolute atomic E-state index is 12.5. The minimum Gasteiger partial charge on any atom is -0.496 e. The molecule has 0 saturated carbocycles. The largest absolute Gasteiger partial charge is 0.496 e. The second-order valence-electron chi connectivity index (χ2n) is 5.73. The summed E-state index contributed by atoms with van der Waals surface area (Å²) in [4.78, 5) is 14.5. The predicted octanol–water partition coefficient (Wildman–Crippen LogP) is 1.45. The molecule has 2 aliphatic rings. The van der Waals surface area contributed by atoms with E-state index >= 15 is 0 Å². The van der Waals surface area contributed by atoms with E-state index in [9.17, 15) is 4.79 Å². The number of nitrogens with zero attached hydrogens (tertiary/aromatic N) is 1. The van der Waals surface area contributed by atoms with E-state index in [0.29, 0.717) is 18.4 Å². The van der Waals surface area contributed by atoms with Gasteiger partial charge in [0.1, 0.15) is 5.75 Å². The van der Waals surface area contributed by atoms with Crippen LogP contribution < -0.4 is 10.1 Å². The number of ether oxygens (including phenoxy) is 1. The summed E-state index contributed by atoms with van der Waals surface area (Å²) in [5.74, 6) is 1.67. The molecule has 2 unspecified atom stereocenters. The summed E-state index contributed by atoms with van der Waals surface area (Å²) >= 11 is 0. The average molecular weight is 274 g/mol. The third-order valence-electron chi connectivity index (χ3n) is 4.54. The van der Waals surface area contributed by atoms with Crippen molar-refractivity contribution in [1.29, 1.82) is 0 Å². The highest BCUT2D eigenvalue weighted by molar-refractivity contribution is 5.79. The summed E-state index contributed by atoms with van der Waals surface area (Å²) in [7, 11) is 1.65. The number of carbonyl (C=O) groups is 1. The second-order valence-corrected chi connectivity index (χ2v) is 5.73. The van der Waals surface area contributed by atoms with Crippen molar-refractivity contribution in [3.63, 3.8) is 0 Å². The fourth-order valence-electron chi connectivity index (χ4n) is 3.40. The van der Waals surface area contributed by atoms with Gasteiger partial charge in [0.2, 0.25) is 5.91 Å². The molecular weight excluding hydrogens is 252 g/mol. The molecule has 2 aliphatic heterocycles. The predicted molar refractivity (Wildman–Crippen MR) is 77.8 cm³/mol. The van der Waals surface area contributed by atoms with Crippen LogP contribution in [0.1, 0.15) is 18.4 Å². The van der Waals surface area contributed by atoms with Crippen LogP contribution in [0.25, 0.3) is 0 Å². The minimum atomic E-state index is 0.222. The van der Waals surface area contributed by atoms with E-state index in [4.69, 9.17) is 4.74 Å². The van der Waals surface area contributed by atoms with Gasteiger partial charge in [0.25, 0.3) is 0 Å². The summed E-state index contributed by atoms with van der Waals surface area (Å²) in [6, 6.07) is 8.40. The standard InChI is InChI=1S/C16H22N2O2/c1-20-15-5-3-2-4-12(15)10-16(19)18-9-7-14-13(11-18)6-8-17-14/h2-5,13-14,17H,6-11H2,1H3. The van der Waals surface area contributed by atoms with Crippen molar-refractivity contribution < 1.29 is 9.53 Å². The SMILES string of the molecule is COc1ccccc1CC(=O)N1CCC2NCCC2C1. The molecule has 0 bridgehead atoms. The van der Waals surface area contributed by atoms with Gasteiger partial charge in [-0.2, -0.15) is 0 Å². The highest BCUT2D eigenvalue weighted by Gasteiger charge is 2.34. The number of hydrogen-bond donors (Lipinski definition) is 1. The quantitative estimate of drug-likeness (QED) is 0.907. The number of likely N-dealkylation sites (tertiary alicyclic amines) is 1. The fraction of sp³-hybridized carbons (Fsp3) is 0.562. The molecule has 2 fully saturated rings. The van der Waals surface area contributed by atoms with Gasteiger partial charge in [-0.1, -0.05) is 18.2 Å². The van der Waals surface area contributed by atoms with Gasteiger partial charge in [-0.25, -0.2) is 0 Å². The Morgan fingerprint density at radius 1 is 1.40 bits per heavy atom. The third kappa shape index (κ3) is 2.66. The van der Waals surface area contributed by atoms with Crippen LogP contribution in [0.4, 0.5) is 0 Å². The lowest BCUT2D eigenvalue weighted by Gasteiger charge is -2.35. The second kappa shape index (κ2) is 5.83. The van der Waals surface area contributed by atoms with E-state index in [0.717, 1.165) is 37.4 Å². The summed E-state index contributed by atoms with van der Waals surface area (Å²) in [6.07, 6.45) is 2.72. The van der Waals surface area contributed by atoms with Crippen LogP contribution in [-0.2, 0) is 11.2 Å². The first-order valence-corrected chi connectivity index (χ1v) is 7.41. The third-order valence-corrected chi connectivity index (χ3v) is 4.54. The topological polar surface area (TPSA) is 41.6 Å². The van der Waals surface area contributed by atoms with Gasteiger partial charge in [-0.3, -0.25) is 4.79 Å². The molecule has 1 N–H and O–H groups in total. The Labute approximate surface area is 120 Å². The average Bonchev–Trinajstić information content (AvgIpc) is 2.95. The Hall–Kier alpha value is -1.55. The molecule has 2 heterocycles. The number of para-hydroxylation sites is 1. The lowest BCUT2D eigenvalue weighted by Crippen LogP contribution is -2.47. The van der Waals surface area contributed by atoms with E-state index in [2.05, 4.69) is 5.32 Å². The Bertz CT molecular complexity index is 489. The van der Waals surface area contributed by atoms with Crippen LogP contribution in [0.2, 0.25) is 0 Å². The molecule has 20 heavy (non-hydrogen) atoms. The van der Waals surface area contributed by atoms with Gasteiger partial charge in [-0.15, -0.1) is 0 Å². The molecule has 0 aliphatic carbocycles. The maximum atomic E-state index is 12.5. The Kier molecular flexibility index (Phi) is 3.92. The first kappa shape index (κ1) is 13.4. The molecule has 1 amide bonds. The summed E-state index contributed by atoms with van der Waals surface area (Å²) in [6.45, 7) is 2.89. The van der Waals surface area contributed by atoms with Crippen LogP contribution in [0.5, 0.6) is 5.75 Å². The number of hydrogen-bond acceptors (Lipinski definition) is 3. The number of amides is 1. The van der Waals surface area contributed by atoms with Gasteiger partial charge in [-0.05, 0) is 31.4 Å². The monoisotopic (exact) mass is 274 g/mol. The summed E-state index contributed by atoms with van der Waals surface area (Å²) < 4.78 is 5.32. The highest BCUT2D eigenvalue weighted by Crippen LogP contribution is 2.26. The molecular formula is C16H22N2O2. The van der Waals surface area contributed by atoms with Gasteiger partial charge >= 0.3 is 0 Å². The van der Waals surface area contributed by atoms with Crippen molar-refractivity contribution in [2.24, 2.45) is 5.92 Å². The van der Waals surface area contributed by atoms with Crippen LogP contribution in [0, 0.1) is 5.92 Å². The van der Waals surface area contributed by atoms with Crippen molar-refractivity contribution in [3.8, 4) is 5.75 Å². The highest BCUT2D eigenvalue weighted by atomic mass is 16.5. The smallest absolute Gasteiger partial charge is 0.227 e. The number of benzene rings is 1. The molecule has 4 nitrogen and oxygen atoms in total. The molecule has 1 aromatic carbocycles. The number of rotatable bonds is 3. The number of piperidine rings is 1. The molecule has 1 aromatic rings. The number of fused-ring (bicyclic) bond motifs is 1. The number of carbonyl (C=O) groups excluding carboxylic acids is 1. The maximum Gasteiger partial charge on any atom is 0.227 e. The zero-order chi connectivity index (χ0) is 13.9. The van der Waals surface area contributed by atoms with Crippen molar-refractivity contribution in [2.45, 2.75) is 25.3 Å². The first-order chi connectivity index (χ1) is 9.78. The van der Waals surface area contributed by atoms with Crippen LogP contribution >= 0.6 is 0 Å². The van der Waals surface area contributed by atoms with Crippen LogP contribution in [0.3, 0.4) is 0 Å². The normalized spacial score (nSPS) is 25.4. The zero-order valence-corrected chi connectivity index (χ0v) is 12.0. The number of methoxy groups -OCH3 is 1. The minimum absolute atomic E-state index is 0.222. The van der Waals surface area contributed by atoms with Crippen LogP contribution in [0.15, 0.2) is 24.3 Å². The van der Waals surface area contributed by atoms with Crippen molar-refractivity contribution in [1.82, 2.24) is 10.2 Å². The molecule has 0 spiro atoms. The molecule has 3 rings (SSSR count). The Morgan fingerprint density at radius 3 is 3.10 bits per heavy atom. The van der Waals surface area contributed by atoms with Crippen LogP contribution in [-0.4, -0.2) is 43.6 Å². The summed E-state index contributed by atoms with van der Waals surface area (Å²) in [5, 5.41) is 3.53. The number of nitrogens with one attached hydrogen (secondary N) is 1. The lowest BCUT2D eigenvalue weighted by atomic mass is 9.93. The van der Waals surface area contributed by atoms with Gasteiger partial charge in [0.15, 0.2) is 0 Å². The first-order valence-electron chi connectivity index (χ1n) is 7.41. The van der Waals surface area contributed by atoms with Crippen molar-refractivity contribution in [3.05, 3.63) is 29.8 Å². The zero-order valence-electron chi connectivity index (χ0n) is 12.0. The van der Waals surface area contributed by atoms with E-state index < -0.39 is 0 Å². The van der Waals surface area contributed by atoms with Crippen molar-refractivity contribution >= 4 is 5.91 Å². The van der Waals surface area contributed by atoms with Gasteiger partial charge < -0.3 is 15.0 Å². The molecule has 108 valence electrons. The molecule has 0 aromatic heterocycles. The van der Waals surface area contributed by atoms with Crippen molar-refractivity contribution in [2.75, 3.05) is 26.7 Å². The lowest BCUT2D eigenvalue weighted by molar-refractivity contribution is -0.132. The van der Waals surface area contributed by atoms with Gasteiger partial charge in [0, 0.05) is 24.7 Å². The molecule has 0 radical (unpaired) electrons. The molecule has 2 atom stereocenters. The molecule has 4 heteroatoms. The van der Waals surface area contributed by atoms with E-state index in [1.54, 1.807) is 7.11 Å². The summed E-state index contributed by atoms with van der Waals surface area (Å²) in [5.41, 5.74) is 0.978. The van der Waals surface area contributed by atoms with E-state index in [1.165, 1.54) is 6.42 Å².